The molecule has 0 aliphatic carbocycles. The zero-order valence-corrected chi connectivity index (χ0v) is 10.7. The maximum Gasteiger partial charge on any atom is 0.348 e. The van der Waals surface area contributed by atoms with Crippen molar-refractivity contribution in [3.05, 3.63) is 44.4 Å². The van der Waals surface area contributed by atoms with Crippen LogP contribution in [-0.4, -0.2) is 22.2 Å². The van der Waals surface area contributed by atoms with Gasteiger partial charge in [0.05, 0.1) is 21.9 Å². The van der Waals surface area contributed by atoms with Gasteiger partial charge >= 0.3 is 5.97 Å². The lowest BCUT2D eigenvalue weighted by Crippen LogP contribution is -1.98. The van der Waals surface area contributed by atoms with E-state index in [0.717, 1.165) is 6.21 Å². The Morgan fingerprint density at radius 2 is 1.95 bits per heavy atom. The molecule has 0 bridgehead atoms. The summed E-state index contributed by atoms with van der Waals surface area (Å²) in [6, 6.07) is 5.46. The van der Waals surface area contributed by atoms with Gasteiger partial charge in [-0.3, -0.25) is 15.5 Å². The van der Waals surface area contributed by atoms with E-state index >= 15 is 0 Å². The van der Waals surface area contributed by atoms with Gasteiger partial charge in [-0.05, 0) is 12.1 Å². The molecule has 19 heavy (non-hydrogen) atoms. The number of non-ortho nitro benzene ring substituents is 1. The van der Waals surface area contributed by atoms with Gasteiger partial charge < -0.3 is 5.11 Å². The Bertz CT molecular complexity index is 554. The summed E-state index contributed by atoms with van der Waals surface area (Å²) in [6.07, 6.45) is 1.01. The number of nitrogens with zero attached hydrogens (tertiary/aromatic N) is 2. The molecule has 9 heteroatoms. The summed E-state index contributed by atoms with van der Waals surface area (Å²) in [7, 11) is 0. The van der Waals surface area contributed by atoms with E-state index in [4.69, 9.17) is 28.3 Å². The number of rotatable bonds is 5. The first-order valence-corrected chi connectivity index (χ1v) is 5.49. The Labute approximate surface area is 117 Å². The van der Waals surface area contributed by atoms with Gasteiger partial charge in [0.25, 0.3) is 5.69 Å². The number of nitrogens with one attached hydrogen (secondary N) is 1. The first-order valence-electron chi connectivity index (χ1n) is 4.74. The van der Waals surface area contributed by atoms with Gasteiger partial charge in [-0.15, -0.1) is 0 Å². The van der Waals surface area contributed by atoms with E-state index in [9.17, 15) is 14.9 Å². The normalized spacial score (nSPS) is 12.1. The van der Waals surface area contributed by atoms with Crippen molar-refractivity contribution in [3.8, 4) is 0 Å². The van der Waals surface area contributed by atoms with Crippen molar-refractivity contribution < 1.29 is 14.8 Å². The van der Waals surface area contributed by atoms with Crippen LogP contribution in [0.1, 0.15) is 0 Å². The predicted octanol–water partition coefficient (Wildman–Crippen LogP) is 2.77. The number of carbonyl (C=O) groups is 1. The van der Waals surface area contributed by atoms with Crippen LogP contribution in [0.15, 0.2) is 39.4 Å². The Balaban J connectivity index is 2.69. The van der Waals surface area contributed by atoms with E-state index in [1.54, 1.807) is 0 Å². The van der Waals surface area contributed by atoms with E-state index in [1.807, 2.05) is 0 Å². The minimum absolute atomic E-state index is 0.0543. The molecule has 0 fully saturated rings. The van der Waals surface area contributed by atoms with Crippen LogP contribution in [0.25, 0.3) is 0 Å². The van der Waals surface area contributed by atoms with Crippen molar-refractivity contribution in [2.75, 3.05) is 5.43 Å². The predicted molar refractivity (Wildman–Crippen MR) is 71.6 cm³/mol. The zero-order valence-electron chi connectivity index (χ0n) is 9.21. The summed E-state index contributed by atoms with van der Waals surface area (Å²) in [4.78, 5) is 20.3. The van der Waals surface area contributed by atoms with Crippen LogP contribution in [0.4, 0.5) is 11.4 Å². The molecule has 0 unspecified atom stereocenters. The van der Waals surface area contributed by atoms with Gasteiger partial charge in [0.15, 0.2) is 0 Å². The highest BCUT2D eigenvalue weighted by Gasteiger charge is 2.07. The maximum atomic E-state index is 10.5. The average Bonchev–Trinajstić information content (AvgIpc) is 2.38. The molecule has 1 aromatic carbocycles. The number of benzene rings is 1. The highest BCUT2D eigenvalue weighted by atomic mass is 35.5. The molecule has 0 aliphatic rings. The number of carboxylic acid groups (broad SMARTS) is 1. The minimum atomic E-state index is -1.37. The Kier molecular flexibility index (Phi) is 5.28. The van der Waals surface area contributed by atoms with Gasteiger partial charge in [0.1, 0.15) is 5.03 Å². The van der Waals surface area contributed by atoms with Gasteiger partial charge in [0, 0.05) is 12.1 Å². The molecule has 100 valence electrons. The second-order valence-electron chi connectivity index (χ2n) is 3.14. The van der Waals surface area contributed by atoms with Crippen LogP contribution in [-0.2, 0) is 4.79 Å². The molecule has 0 radical (unpaired) electrons. The number of hydrogen-bond donors (Lipinski definition) is 2. The molecular weight excluding hydrogens is 297 g/mol. The first-order chi connectivity index (χ1) is 8.91. The van der Waals surface area contributed by atoms with Crippen LogP contribution < -0.4 is 5.43 Å². The molecule has 0 saturated carbocycles. The average molecular weight is 304 g/mol. The van der Waals surface area contributed by atoms with Crippen molar-refractivity contribution in [3.63, 3.8) is 0 Å². The monoisotopic (exact) mass is 303 g/mol. The number of nitro groups is 1. The smallest absolute Gasteiger partial charge is 0.348 e. The van der Waals surface area contributed by atoms with Crippen molar-refractivity contribution >= 4 is 46.8 Å². The van der Waals surface area contributed by atoms with E-state index in [1.165, 1.54) is 24.3 Å². The second-order valence-corrected chi connectivity index (χ2v) is 3.93. The van der Waals surface area contributed by atoms with E-state index in [0.29, 0.717) is 5.69 Å². The molecule has 7 nitrogen and oxygen atoms in total. The summed E-state index contributed by atoms with van der Waals surface area (Å²) < 4.78 is 0. The van der Waals surface area contributed by atoms with Gasteiger partial charge in [0.2, 0.25) is 0 Å². The second kappa shape index (κ2) is 6.72. The SMILES string of the molecule is O=C(O)/C(Cl)=C(/Cl)C=NNc1ccc([N+](=O)[O-])cc1. The number of carboxylic acids is 1. The third-order valence-electron chi connectivity index (χ3n) is 1.85. The van der Waals surface area contributed by atoms with Crippen LogP contribution in [0.5, 0.6) is 0 Å². The lowest BCUT2D eigenvalue weighted by molar-refractivity contribution is -0.384. The lowest BCUT2D eigenvalue weighted by Gasteiger charge is -1.99. The number of anilines is 1. The molecule has 0 amide bonds. The molecule has 1 aromatic rings. The summed E-state index contributed by atoms with van der Waals surface area (Å²) >= 11 is 10.9. The summed E-state index contributed by atoms with van der Waals surface area (Å²) in [5.74, 6) is -1.37. The van der Waals surface area contributed by atoms with Crippen LogP contribution in [0.3, 0.4) is 0 Å². The van der Waals surface area contributed by atoms with Crippen LogP contribution >= 0.6 is 23.2 Å². The molecule has 0 atom stereocenters. The van der Waals surface area contributed by atoms with Crippen molar-refractivity contribution in [1.29, 1.82) is 0 Å². The number of nitro benzene ring substituents is 1. The van der Waals surface area contributed by atoms with E-state index < -0.39 is 15.9 Å². The maximum absolute atomic E-state index is 10.5. The molecule has 0 saturated heterocycles. The fourth-order valence-corrected chi connectivity index (χ4v) is 1.16. The zero-order chi connectivity index (χ0) is 14.4. The molecule has 0 aromatic heterocycles. The van der Waals surface area contributed by atoms with Gasteiger partial charge in [-0.25, -0.2) is 4.79 Å². The topological polar surface area (TPSA) is 105 Å². The standard InChI is InChI=1S/C10H7Cl2N3O4/c11-8(9(12)10(16)17)5-13-14-6-1-3-7(4-2-6)15(18)19/h1-5,14H,(H,16,17)/b9-8-,13-5?. The molecule has 2 N–H and O–H groups in total. The summed E-state index contributed by atoms with van der Waals surface area (Å²) in [5, 5.41) is 21.8. The van der Waals surface area contributed by atoms with Crippen molar-refractivity contribution in [1.82, 2.24) is 0 Å². The first kappa shape index (κ1) is 14.9. The van der Waals surface area contributed by atoms with Gasteiger partial charge in [-0.2, -0.15) is 5.10 Å². The van der Waals surface area contributed by atoms with Crippen LogP contribution in [0, 0.1) is 10.1 Å². The third kappa shape index (κ3) is 4.57. The molecule has 0 heterocycles. The number of allylic oxidation sites excluding steroid dienone is 1. The van der Waals surface area contributed by atoms with Crippen LogP contribution in [0.2, 0.25) is 0 Å². The number of halogens is 2. The van der Waals surface area contributed by atoms with E-state index in [2.05, 4.69) is 10.5 Å². The fourth-order valence-electron chi connectivity index (χ4n) is 0.980. The molecule has 1 rings (SSSR count). The number of hydrogen-bond acceptors (Lipinski definition) is 5. The Morgan fingerprint density at radius 3 is 2.42 bits per heavy atom. The van der Waals surface area contributed by atoms with E-state index in [-0.39, 0.29) is 10.7 Å². The molecule has 0 spiro atoms. The Hall–Kier alpha value is -2.12. The number of aliphatic carboxylic acids is 1. The molecular formula is C10H7Cl2N3O4. The minimum Gasteiger partial charge on any atom is -0.477 e. The third-order valence-corrected chi connectivity index (χ3v) is 2.60. The largest absolute Gasteiger partial charge is 0.477 e. The highest BCUT2D eigenvalue weighted by Crippen LogP contribution is 2.16. The summed E-state index contributed by atoms with van der Waals surface area (Å²) in [5.41, 5.74) is 2.93. The molecule has 0 aliphatic heterocycles. The summed E-state index contributed by atoms with van der Waals surface area (Å²) in [6.45, 7) is 0. The van der Waals surface area contributed by atoms with Crippen molar-refractivity contribution in [2.24, 2.45) is 5.10 Å². The fraction of sp³-hybridized carbons (Fsp3) is 0. The van der Waals surface area contributed by atoms with Gasteiger partial charge in [-0.1, -0.05) is 23.2 Å². The quantitative estimate of drug-likeness (QED) is 0.376. The highest BCUT2D eigenvalue weighted by molar-refractivity contribution is 6.51. The van der Waals surface area contributed by atoms with Crippen molar-refractivity contribution in [2.45, 2.75) is 0 Å². The number of hydrazone groups is 1. The lowest BCUT2D eigenvalue weighted by atomic mass is 10.3. The Morgan fingerprint density at radius 1 is 1.37 bits per heavy atom.